The highest BCUT2D eigenvalue weighted by Crippen LogP contribution is 1.94. The average molecular weight is 306 g/mol. The second kappa shape index (κ2) is 4.59. The van der Waals surface area contributed by atoms with Gasteiger partial charge in [0.15, 0.2) is 0 Å². The van der Waals surface area contributed by atoms with Gasteiger partial charge in [-0.15, -0.1) is 0 Å². The second-order valence-corrected chi connectivity index (χ2v) is 4.33. The lowest BCUT2D eigenvalue weighted by atomic mass is 10.3. The van der Waals surface area contributed by atoms with Crippen LogP contribution < -0.4 is 11.2 Å². The van der Waals surface area contributed by atoms with E-state index in [1.807, 2.05) is 42.5 Å². The first-order chi connectivity index (χ1) is 6.50. The van der Waals surface area contributed by atoms with Crippen molar-refractivity contribution < 1.29 is 0 Å². The summed E-state index contributed by atoms with van der Waals surface area (Å²) < 4.78 is 1.99. The van der Waals surface area contributed by atoms with E-state index in [1.54, 1.807) is 6.20 Å². The predicted octanol–water partition coefficient (Wildman–Crippen LogP) is 1.11. The van der Waals surface area contributed by atoms with Gasteiger partial charge in [0.1, 0.15) is 0 Å². The number of aromatic amines is 1. The molecule has 1 rings (SSSR count). The average Bonchev–Trinajstić information content (AvgIpc) is 2.09. The van der Waals surface area contributed by atoms with Gasteiger partial charge in [-0.05, 0) is 36.4 Å². The van der Waals surface area contributed by atoms with Crippen LogP contribution in [0.1, 0.15) is 13.8 Å². The molecule has 4 nitrogen and oxygen atoms in total. The van der Waals surface area contributed by atoms with Crippen LogP contribution in [0.3, 0.4) is 0 Å². The van der Waals surface area contributed by atoms with E-state index >= 15 is 0 Å². The summed E-state index contributed by atoms with van der Waals surface area (Å²) >= 11 is 1.90. The van der Waals surface area contributed by atoms with Crippen molar-refractivity contribution in [3.05, 3.63) is 42.3 Å². The summed E-state index contributed by atoms with van der Waals surface area (Å²) in [4.78, 5) is 24.6. The Hall–Kier alpha value is -0.850. The Morgan fingerprint density at radius 2 is 2.21 bits per heavy atom. The Balaban J connectivity index is 3.11. The van der Waals surface area contributed by atoms with Crippen molar-refractivity contribution in [3.8, 4) is 0 Å². The Labute approximate surface area is 94.8 Å². The molecule has 0 amide bonds. The molecule has 0 radical (unpaired) electrons. The lowest BCUT2D eigenvalue weighted by Gasteiger charge is -2.01. The first-order valence-electron chi connectivity index (χ1n) is 4.13. The zero-order valence-electron chi connectivity index (χ0n) is 8.00. The van der Waals surface area contributed by atoms with Gasteiger partial charge < -0.3 is 0 Å². The van der Waals surface area contributed by atoms with E-state index in [4.69, 9.17) is 0 Å². The summed E-state index contributed by atoms with van der Waals surface area (Å²) in [6.07, 6.45) is 3.48. The van der Waals surface area contributed by atoms with Crippen molar-refractivity contribution in [1.82, 2.24) is 9.55 Å². The number of hydrogen-bond donors (Lipinski definition) is 1. The second-order valence-electron chi connectivity index (χ2n) is 3.17. The molecule has 76 valence electrons. The third-order valence-corrected chi connectivity index (χ3v) is 2.43. The first-order valence-corrected chi connectivity index (χ1v) is 5.21. The predicted molar refractivity (Wildman–Crippen MR) is 63.5 cm³/mol. The molecular formula is C9H11IN2O2. The van der Waals surface area contributed by atoms with Crippen LogP contribution in [0.2, 0.25) is 0 Å². The van der Waals surface area contributed by atoms with Gasteiger partial charge in [-0.2, -0.15) is 0 Å². The van der Waals surface area contributed by atoms with Crippen LogP contribution in [0.15, 0.2) is 27.4 Å². The topological polar surface area (TPSA) is 54.9 Å². The normalized spacial score (nSPS) is 9.93. The van der Waals surface area contributed by atoms with E-state index in [2.05, 4.69) is 4.98 Å². The van der Waals surface area contributed by atoms with E-state index in [0.29, 0.717) is 10.1 Å². The minimum atomic E-state index is -0.368. The molecule has 1 heterocycles. The molecule has 0 aromatic carbocycles. The minimum Gasteiger partial charge on any atom is -0.296 e. The zero-order chi connectivity index (χ0) is 10.7. The van der Waals surface area contributed by atoms with E-state index in [1.165, 1.54) is 4.57 Å². The molecule has 0 atom stereocenters. The molecule has 0 saturated heterocycles. The molecule has 1 aromatic rings. The van der Waals surface area contributed by atoms with Crippen LogP contribution in [-0.4, -0.2) is 9.55 Å². The number of allylic oxidation sites excluding steroid dienone is 2. The number of rotatable bonds is 2. The Morgan fingerprint density at radius 1 is 1.57 bits per heavy atom. The van der Waals surface area contributed by atoms with Crippen molar-refractivity contribution in [2.24, 2.45) is 0 Å². The van der Waals surface area contributed by atoms with Crippen LogP contribution in [0.25, 0.3) is 0 Å². The highest BCUT2D eigenvalue weighted by molar-refractivity contribution is 14.1. The molecule has 0 aliphatic rings. The summed E-state index contributed by atoms with van der Waals surface area (Å²) in [6, 6.07) is 0. The third-order valence-electron chi connectivity index (χ3n) is 1.66. The Morgan fingerprint density at radius 3 is 2.79 bits per heavy atom. The van der Waals surface area contributed by atoms with Crippen molar-refractivity contribution in [3.63, 3.8) is 0 Å². The van der Waals surface area contributed by atoms with Crippen LogP contribution >= 0.6 is 22.6 Å². The Kier molecular flexibility index (Phi) is 3.68. The van der Waals surface area contributed by atoms with E-state index in [-0.39, 0.29) is 11.2 Å². The lowest BCUT2D eigenvalue weighted by molar-refractivity contribution is 0.727. The summed E-state index contributed by atoms with van der Waals surface area (Å²) in [6.45, 7) is 4.41. The van der Waals surface area contributed by atoms with E-state index < -0.39 is 0 Å². The third kappa shape index (κ3) is 2.83. The number of hydrogen-bond acceptors (Lipinski definition) is 2. The highest BCUT2D eigenvalue weighted by Gasteiger charge is 1.99. The monoisotopic (exact) mass is 306 g/mol. The van der Waals surface area contributed by atoms with Gasteiger partial charge in [-0.1, -0.05) is 11.6 Å². The highest BCUT2D eigenvalue weighted by atomic mass is 127. The Bertz CT molecular complexity index is 466. The lowest BCUT2D eigenvalue weighted by Crippen LogP contribution is -2.30. The molecule has 14 heavy (non-hydrogen) atoms. The number of nitrogens with one attached hydrogen (secondary N) is 1. The molecule has 0 spiro atoms. The van der Waals surface area contributed by atoms with Gasteiger partial charge in [0.25, 0.3) is 5.56 Å². The van der Waals surface area contributed by atoms with Crippen molar-refractivity contribution in [2.45, 2.75) is 20.4 Å². The van der Waals surface area contributed by atoms with Crippen molar-refractivity contribution in [2.75, 3.05) is 0 Å². The number of H-pyrrole nitrogens is 1. The standard InChI is InChI=1S/C9H11IN2O2/c1-6(2)3-4-12-5-7(10)8(13)11-9(12)14/h3,5H,4H2,1-2H3,(H,11,13,14). The van der Waals surface area contributed by atoms with Gasteiger partial charge in [-0.3, -0.25) is 14.3 Å². The number of nitrogens with zero attached hydrogens (tertiary/aromatic N) is 1. The molecule has 0 aliphatic carbocycles. The van der Waals surface area contributed by atoms with Gasteiger partial charge in [0.05, 0.1) is 3.57 Å². The molecule has 1 N–H and O–H groups in total. The molecular weight excluding hydrogens is 295 g/mol. The SMILES string of the molecule is CC(C)=CCn1cc(I)c(=O)[nH]c1=O. The van der Waals surface area contributed by atoms with E-state index in [0.717, 1.165) is 5.57 Å². The zero-order valence-corrected chi connectivity index (χ0v) is 10.2. The number of aromatic nitrogens is 2. The summed E-state index contributed by atoms with van der Waals surface area (Å²) in [5.74, 6) is 0. The fraction of sp³-hybridized carbons (Fsp3) is 0.333. The summed E-state index contributed by atoms with van der Waals surface area (Å²) in [7, 11) is 0. The molecule has 1 aromatic heterocycles. The molecule has 5 heteroatoms. The smallest absolute Gasteiger partial charge is 0.296 e. The largest absolute Gasteiger partial charge is 0.328 e. The van der Waals surface area contributed by atoms with Crippen molar-refractivity contribution in [1.29, 1.82) is 0 Å². The van der Waals surface area contributed by atoms with Gasteiger partial charge >= 0.3 is 5.69 Å². The van der Waals surface area contributed by atoms with Crippen LogP contribution in [-0.2, 0) is 6.54 Å². The molecule has 0 bridgehead atoms. The summed E-state index contributed by atoms with van der Waals surface area (Å²) in [5, 5.41) is 0. The first kappa shape index (κ1) is 11.2. The maximum Gasteiger partial charge on any atom is 0.328 e. The summed E-state index contributed by atoms with van der Waals surface area (Å²) in [5.41, 5.74) is 0.440. The van der Waals surface area contributed by atoms with Crippen LogP contribution in [0.4, 0.5) is 0 Å². The minimum absolute atomic E-state index is 0.330. The molecule has 0 aliphatic heterocycles. The maximum atomic E-state index is 11.3. The van der Waals surface area contributed by atoms with E-state index in [9.17, 15) is 9.59 Å². The molecule has 0 unspecified atom stereocenters. The molecule has 0 fully saturated rings. The van der Waals surface area contributed by atoms with Gasteiger partial charge in [0.2, 0.25) is 0 Å². The van der Waals surface area contributed by atoms with Gasteiger partial charge in [0, 0.05) is 12.7 Å². The molecule has 0 saturated carbocycles. The fourth-order valence-corrected chi connectivity index (χ4v) is 1.37. The van der Waals surface area contributed by atoms with Crippen LogP contribution in [0.5, 0.6) is 0 Å². The van der Waals surface area contributed by atoms with Crippen molar-refractivity contribution >= 4 is 22.6 Å². The van der Waals surface area contributed by atoms with Crippen LogP contribution in [0, 0.1) is 3.57 Å². The van der Waals surface area contributed by atoms with Gasteiger partial charge in [-0.25, -0.2) is 4.79 Å². The fourth-order valence-electron chi connectivity index (χ4n) is 0.899. The maximum absolute atomic E-state index is 11.3. The number of halogens is 1. The quantitative estimate of drug-likeness (QED) is 0.657.